The second-order valence-corrected chi connectivity index (χ2v) is 7.98. The van der Waals surface area contributed by atoms with Crippen LogP contribution in [-0.4, -0.2) is 45.0 Å². The third-order valence-corrected chi connectivity index (χ3v) is 5.80. The second-order valence-electron chi connectivity index (χ2n) is 5.65. The Balaban J connectivity index is 1.83. The summed E-state index contributed by atoms with van der Waals surface area (Å²) < 4.78 is 32.1. The fraction of sp³-hybridized carbons (Fsp3) is 1.00. The van der Waals surface area contributed by atoms with Crippen molar-refractivity contribution >= 4 is 10.0 Å². The van der Waals surface area contributed by atoms with Gasteiger partial charge in [-0.25, -0.2) is 13.1 Å². The number of ether oxygens (including phenoxy) is 1. The van der Waals surface area contributed by atoms with Gasteiger partial charge in [-0.15, -0.1) is 0 Å². The standard InChI is InChI=1S/C12H24N2O3S/c1-10(2)18(15,16)14-9-11-3-4-12(17-11)5-7-13-8-6-12/h10-11,13-14H,3-9H2,1-2H3. The maximum absolute atomic E-state index is 11.7. The van der Waals surface area contributed by atoms with E-state index in [4.69, 9.17) is 4.74 Å². The van der Waals surface area contributed by atoms with Gasteiger partial charge in [-0.1, -0.05) is 0 Å². The van der Waals surface area contributed by atoms with Gasteiger partial charge in [0.05, 0.1) is 17.0 Å². The van der Waals surface area contributed by atoms with E-state index in [9.17, 15) is 8.42 Å². The minimum absolute atomic E-state index is 0.0131. The van der Waals surface area contributed by atoms with E-state index >= 15 is 0 Å². The highest BCUT2D eigenvalue weighted by Crippen LogP contribution is 2.37. The van der Waals surface area contributed by atoms with Crippen LogP contribution in [0.5, 0.6) is 0 Å². The van der Waals surface area contributed by atoms with Crippen LogP contribution in [0.3, 0.4) is 0 Å². The number of sulfonamides is 1. The lowest BCUT2D eigenvalue weighted by Crippen LogP contribution is -2.43. The number of hydrogen-bond acceptors (Lipinski definition) is 4. The molecule has 0 aromatic rings. The molecule has 0 bridgehead atoms. The SMILES string of the molecule is CC(C)S(=O)(=O)NCC1CCC2(CCNCC2)O1. The predicted molar refractivity (Wildman–Crippen MR) is 71.0 cm³/mol. The van der Waals surface area contributed by atoms with Gasteiger partial charge in [-0.2, -0.15) is 0 Å². The highest BCUT2D eigenvalue weighted by molar-refractivity contribution is 7.90. The van der Waals surface area contributed by atoms with Gasteiger partial charge in [0.2, 0.25) is 10.0 Å². The molecule has 106 valence electrons. The number of rotatable bonds is 4. The molecule has 6 heteroatoms. The van der Waals surface area contributed by atoms with E-state index in [0.717, 1.165) is 38.8 Å². The molecule has 2 rings (SSSR count). The topological polar surface area (TPSA) is 67.4 Å². The third kappa shape index (κ3) is 3.23. The molecular formula is C12H24N2O3S. The van der Waals surface area contributed by atoms with Crippen molar-refractivity contribution in [1.29, 1.82) is 0 Å². The summed E-state index contributed by atoms with van der Waals surface area (Å²) in [4.78, 5) is 0. The van der Waals surface area contributed by atoms with Crippen LogP contribution in [0, 0.1) is 0 Å². The summed E-state index contributed by atoms with van der Waals surface area (Å²) in [6.07, 6.45) is 4.14. The van der Waals surface area contributed by atoms with E-state index in [1.165, 1.54) is 0 Å². The normalized spacial score (nSPS) is 28.1. The van der Waals surface area contributed by atoms with Gasteiger partial charge in [0.15, 0.2) is 0 Å². The van der Waals surface area contributed by atoms with E-state index in [2.05, 4.69) is 10.0 Å². The first-order valence-corrected chi connectivity index (χ1v) is 8.35. The zero-order chi connectivity index (χ0) is 13.2. The molecule has 0 aliphatic carbocycles. The van der Waals surface area contributed by atoms with E-state index in [1.54, 1.807) is 13.8 Å². The molecule has 2 fully saturated rings. The predicted octanol–water partition coefficient (Wildman–Crippen LogP) is 0.615. The molecule has 18 heavy (non-hydrogen) atoms. The maximum Gasteiger partial charge on any atom is 0.214 e. The first-order chi connectivity index (χ1) is 8.44. The van der Waals surface area contributed by atoms with Crippen LogP contribution in [0.15, 0.2) is 0 Å². The smallest absolute Gasteiger partial charge is 0.214 e. The third-order valence-electron chi connectivity index (χ3n) is 3.99. The van der Waals surface area contributed by atoms with Crippen molar-refractivity contribution in [2.75, 3.05) is 19.6 Å². The van der Waals surface area contributed by atoms with E-state index < -0.39 is 10.0 Å². The van der Waals surface area contributed by atoms with Crippen LogP contribution in [0.25, 0.3) is 0 Å². The Morgan fingerprint density at radius 1 is 1.33 bits per heavy atom. The van der Waals surface area contributed by atoms with Crippen LogP contribution in [-0.2, 0) is 14.8 Å². The second kappa shape index (κ2) is 5.45. The van der Waals surface area contributed by atoms with Crippen LogP contribution in [0.4, 0.5) is 0 Å². The lowest BCUT2D eigenvalue weighted by molar-refractivity contribution is -0.0567. The highest BCUT2D eigenvalue weighted by atomic mass is 32.2. The molecule has 2 aliphatic heterocycles. The van der Waals surface area contributed by atoms with Crippen molar-refractivity contribution in [3.05, 3.63) is 0 Å². The summed E-state index contributed by atoms with van der Waals surface area (Å²) in [7, 11) is -3.17. The largest absolute Gasteiger partial charge is 0.370 e. The summed E-state index contributed by atoms with van der Waals surface area (Å²) >= 11 is 0. The van der Waals surface area contributed by atoms with Gasteiger partial charge in [-0.05, 0) is 52.6 Å². The molecule has 1 atom stereocenters. The van der Waals surface area contributed by atoms with Gasteiger partial charge in [0.1, 0.15) is 0 Å². The van der Waals surface area contributed by atoms with Gasteiger partial charge < -0.3 is 10.1 Å². The summed E-state index contributed by atoms with van der Waals surface area (Å²) in [5.41, 5.74) is 0.0131. The minimum atomic E-state index is -3.17. The van der Waals surface area contributed by atoms with Crippen LogP contribution in [0.2, 0.25) is 0 Å². The average molecular weight is 276 g/mol. The number of piperidine rings is 1. The molecule has 2 saturated heterocycles. The molecule has 0 radical (unpaired) electrons. The number of hydrogen-bond donors (Lipinski definition) is 2. The molecule has 1 unspecified atom stereocenters. The summed E-state index contributed by atoms with van der Waals surface area (Å²) in [6, 6.07) is 0. The lowest BCUT2D eigenvalue weighted by atomic mass is 9.89. The summed E-state index contributed by atoms with van der Waals surface area (Å²) in [6.45, 7) is 5.79. The fourth-order valence-corrected chi connectivity index (χ4v) is 3.42. The van der Waals surface area contributed by atoms with Gasteiger partial charge >= 0.3 is 0 Å². The van der Waals surface area contributed by atoms with Crippen molar-refractivity contribution in [3.8, 4) is 0 Å². The fourth-order valence-electron chi connectivity index (χ4n) is 2.67. The molecule has 2 N–H and O–H groups in total. The quantitative estimate of drug-likeness (QED) is 0.790. The highest BCUT2D eigenvalue weighted by Gasteiger charge is 2.40. The molecular weight excluding hydrogens is 252 g/mol. The molecule has 2 heterocycles. The molecule has 0 aromatic carbocycles. The molecule has 0 amide bonds. The molecule has 1 spiro atoms. The van der Waals surface area contributed by atoms with Gasteiger partial charge in [-0.3, -0.25) is 0 Å². The molecule has 5 nitrogen and oxygen atoms in total. The van der Waals surface area contributed by atoms with Crippen molar-refractivity contribution in [2.24, 2.45) is 0 Å². The zero-order valence-corrected chi connectivity index (χ0v) is 12.1. The molecule has 0 aromatic heterocycles. The minimum Gasteiger partial charge on any atom is -0.370 e. The Morgan fingerprint density at radius 2 is 2.00 bits per heavy atom. The summed E-state index contributed by atoms with van der Waals surface area (Å²) in [5.74, 6) is 0. The first kappa shape index (κ1) is 14.2. The Labute approximate surface area is 110 Å². The van der Waals surface area contributed by atoms with E-state index in [1.807, 2.05) is 0 Å². The Hall–Kier alpha value is -0.170. The Morgan fingerprint density at radius 3 is 2.61 bits per heavy atom. The van der Waals surface area contributed by atoms with E-state index in [0.29, 0.717) is 6.54 Å². The van der Waals surface area contributed by atoms with E-state index in [-0.39, 0.29) is 17.0 Å². The zero-order valence-electron chi connectivity index (χ0n) is 11.2. The van der Waals surface area contributed by atoms with Crippen molar-refractivity contribution in [1.82, 2.24) is 10.0 Å². The van der Waals surface area contributed by atoms with Crippen molar-refractivity contribution in [2.45, 2.75) is 56.5 Å². The monoisotopic (exact) mass is 276 g/mol. The molecule has 2 aliphatic rings. The van der Waals surface area contributed by atoms with Crippen LogP contribution < -0.4 is 10.0 Å². The van der Waals surface area contributed by atoms with Crippen LogP contribution >= 0.6 is 0 Å². The lowest BCUT2D eigenvalue weighted by Gasteiger charge is -2.33. The van der Waals surface area contributed by atoms with Crippen molar-refractivity contribution < 1.29 is 13.2 Å². The van der Waals surface area contributed by atoms with Crippen LogP contribution in [0.1, 0.15) is 39.5 Å². The summed E-state index contributed by atoms with van der Waals surface area (Å²) in [5, 5.41) is 2.95. The first-order valence-electron chi connectivity index (χ1n) is 6.81. The van der Waals surface area contributed by atoms with Gasteiger partial charge in [0.25, 0.3) is 0 Å². The molecule has 0 saturated carbocycles. The van der Waals surface area contributed by atoms with Crippen molar-refractivity contribution in [3.63, 3.8) is 0 Å². The number of nitrogens with one attached hydrogen (secondary N) is 2. The maximum atomic E-state index is 11.7. The van der Waals surface area contributed by atoms with Gasteiger partial charge in [0, 0.05) is 6.54 Å². The Kier molecular flexibility index (Phi) is 4.31. The average Bonchev–Trinajstić information content (AvgIpc) is 2.71. The Bertz CT molecular complexity index is 375.